The summed E-state index contributed by atoms with van der Waals surface area (Å²) in [5.41, 5.74) is 1.42. The number of aryl methyl sites for hydroxylation is 1. The average Bonchev–Trinajstić information content (AvgIpc) is 3.02. The largest absolute Gasteiger partial charge is 0.394 e. The van der Waals surface area contributed by atoms with Gasteiger partial charge in [-0.2, -0.15) is 0 Å². The van der Waals surface area contributed by atoms with Gasteiger partial charge in [-0.3, -0.25) is 18.9 Å². The molecule has 3 rings (SSSR count). The predicted octanol–water partition coefficient (Wildman–Crippen LogP) is 2.43. The molecule has 10 heteroatoms. The molecule has 0 atom stereocenters. The Bertz CT molecular complexity index is 1070. The standard InChI is InChI=1S/C21H26N4O4S2/c1-3-4-8-25-20(28)16(31-21(25)30)13-15-17(22-7-11-29-12-10-26)23-18-14(2)6-5-9-24(18)19(15)27/h5-6,9,13,22,26H,3-4,7-8,10-12H2,1-2H3/b16-13+. The van der Waals surface area contributed by atoms with Gasteiger partial charge in [-0.05, 0) is 31.1 Å². The molecule has 1 aliphatic rings. The van der Waals surface area contributed by atoms with Gasteiger partial charge in [0.15, 0.2) is 0 Å². The number of hydrogen-bond acceptors (Lipinski definition) is 8. The van der Waals surface area contributed by atoms with E-state index in [0.717, 1.165) is 18.4 Å². The van der Waals surface area contributed by atoms with Gasteiger partial charge in [-0.15, -0.1) is 0 Å². The summed E-state index contributed by atoms with van der Waals surface area (Å²) in [7, 11) is 0. The van der Waals surface area contributed by atoms with Crippen LogP contribution in [0.15, 0.2) is 28.0 Å². The number of thioether (sulfide) groups is 1. The highest BCUT2D eigenvalue weighted by Crippen LogP contribution is 2.33. The van der Waals surface area contributed by atoms with Gasteiger partial charge in [0.2, 0.25) is 0 Å². The molecule has 2 aromatic heterocycles. The summed E-state index contributed by atoms with van der Waals surface area (Å²) in [4.78, 5) is 32.8. The minimum absolute atomic E-state index is 0.0557. The number of thiocarbonyl (C=S) groups is 1. The lowest BCUT2D eigenvalue weighted by Crippen LogP contribution is -2.29. The number of hydrogen-bond donors (Lipinski definition) is 2. The van der Waals surface area contributed by atoms with Gasteiger partial charge in [-0.1, -0.05) is 43.4 Å². The molecule has 1 saturated heterocycles. The monoisotopic (exact) mass is 462 g/mol. The molecular weight excluding hydrogens is 436 g/mol. The number of rotatable bonds is 10. The number of unbranched alkanes of at least 4 members (excludes halogenated alkanes) is 1. The van der Waals surface area contributed by atoms with Crippen LogP contribution in [0.4, 0.5) is 5.82 Å². The highest BCUT2D eigenvalue weighted by atomic mass is 32.2. The molecule has 1 amide bonds. The summed E-state index contributed by atoms with van der Waals surface area (Å²) < 4.78 is 7.26. The Labute approximate surface area is 190 Å². The van der Waals surface area contributed by atoms with Crippen molar-refractivity contribution >= 4 is 51.7 Å². The number of aromatic nitrogens is 2. The second kappa shape index (κ2) is 10.9. The van der Waals surface area contributed by atoms with Crippen molar-refractivity contribution in [3.8, 4) is 0 Å². The summed E-state index contributed by atoms with van der Waals surface area (Å²) in [5.74, 6) is 0.195. The van der Waals surface area contributed by atoms with Crippen molar-refractivity contribution < 1.29 is 14.6 Å². The van der Waals surface area contributed by atoms with E-state index in [4.69, 9.17) is 22.1 Å². The normalized spacial score (nSPS) is 15.5. The van der Waals surface area contributed by atoms with Crippen molar-refractivity contribution in [1.29, 1.82) is 0 Å². The molecule has 166 valence electrons. The zero-order chi connectivity index (χ0) is 22.4. The zero-order valence-electron chi connectivity index (χ0n) is 17.6. The minimum atomic E-state index is -0.272. The molecule has 31 heavy (non-hydrogen) atoms. The van der Waals surface area contributed by atoms with E-state index >= 15 is 0 Å². The van der Waals surface area contributed by atoms with Crippen molar-refractivity contribution in [2.75, 3.05) is 38.2 Å². The lowest BCUT2D eigenvalue weighted by atomic mass is 10.2. The Morgan fingerprint density at radius 2 is 2.16 bits per heavy atom. The number of fused-ring (bicyclic) bond motifs is 1. The molecule has 2 aromatic rings. The van der Waals surface area contributed by atoms with Crippen molar-refractivity contribution in [1.82, 2.24) is 14.3 Å². The molecule has 1 aliphatic heterocycles. The van der Waals surface area contributed by atoms with Crippen molar-refractivity contribution in [3.05, 3.63) is 44.7 Å². The predicted molar refractivity (Wildman–Crippen MR) is 127 cm³/mol. The number of aliphatic hydroxyl groups excluding tert-OH is 1. The van der Waals surface area contributed by atoms with Crippen LogP contribution in [0, 0.1) is 6.92 Å². The number of amides is 1. The average molecular weight is 463 g/mol. The maximum absolute atomic E-state index is 13.3. The van der Waals surface area contributed by atoms with Crippen LogP contribution in [0.3, 0.4) is 0 Å². The van der Waals surface area contributed by atoms with Crippen LogP contribution in [-0.2, 0) is 9.53 Å². The van der Waals surface area contributed by atoms with Crippen molar-refractivity contribution in [2.24, 2.45) is 0 Å². The van der Waals surface area contributed by atoms with E-state index in [1.807, 2.05) is 13.0 Å². The summed E-state index contributed by atoms with van der Waals surface area (Å²) >= 11 is 6.57. The SMILES string of the molecule is CCCCN1C(=O)/C(=C\c2c(NCCOCCO)nc3c(C)cccn3c2=O)SC1=S. The molecule has 8 nitrogen and oxygen atoms in total. The fourth-order valence-corrected chi connectivity index (χ4v) is 4.42. The van der Waals surface area contributed by atoms with E-state index in [2.05, 4.69) is 17.2 Å². The lowest BCUT2D eigenvalue weighted by Gasteiger charge is -2.13. The number of nitrogens with zero attached hydrogens (tertiary/aromatic N) is 3. The highest BCUT2D eigenvalue weighted by molar-refractivity contribution is 8.26. The fourth-order valence-electron chi connectivity index (χ4n) is 3.12. The summed E-state index contributed by atoms with van der Waals surface area (Å²) in [5, 5.41) is 12.0. The Morgan fingerprint density at radius 3 is 2.90 bits per heavy atom. The molecular formula is C21H26N4O4S2. The van der Waals surface area contributed by atoms with Crippen molar-refractivity contribution in [2.45, 2.75) is 26.7 Å². The Kier molecular flexibility index (Phi) is 8.19. The first kappa shape index (κ1) is 23.4. The molecule has 3 heterocycles. The fraction of sp³-hybridized carbons (Fsp3) is 0.429. The van der Waals surface area contributed by atoms with Crippen LogP contribution in [0.1, 0.15) is 30.9 Å². The van der Waals surface area contributed by atoms with E-state index in [1.54, 1.807) is 23.2 Å². The molecule has 0 radical (unpaired) electrons. The molecule has 0 aromatic carbocycles. The third-order valence-electron chi connectivity index (χ3n) is 4.74. The van der Waals surface area contributed by atoms with E-state index in [9.17, 15) is 9.59 Å². The maximum Gasteiger partial charge on any atom is 0.267 e. The number of anilines is 1. The Hall–Kier alpha value is -2.27. The molecule has 0 spiro atoms. The van der Waals surface area contributed by atoms with E-state index in [0.29, 0.717) is 46.0 Å². The number of pyridine rings is 1. The molecule has 0 aliphatic carbocycles. The number of nitrogens with one attached hydrogen (secondary N) is 1. The minimum Gasteiger partial charge on any atom is -0.394 e. The summed E-state index contributed by atoms with van der Waals surface area (Å²) in [6.45, 7) is 5.43. The van der Waals surface area contributed by atoms with Gasteiger partial charge in [0, 0.05) is 19.3 Å². The Balaban J connectivity index is 1.99. The van der Waals surface area contributed by atoms with Gasteiger partial charge in [-0.25, -0.2) is 4.98 Å². The van der Waals surface area contributed by atoms with E-state index in [1.165, 1.54) is 16.2 Å². The van der Waals surface area contributed by atoms with Crippen LogP contribution in [0.5, 0.6) is 0 Å². The number of aliphatic hydroxyl groups is 1. The van der Waals surface area contributed by atoms with Crippen molar-refractivity contribution in [3.63, 3.8) is 0 Å². The first-order chi connectivity index (χ1) is 15.0. The van der Waals surface area contributed by atoms with Gasteiger partial charge in [0.25, 0.3) is 11.5 Å². The first-order valence-electron chi connectivity index (χ1n) is 10.2. The second-order valence-corrected chi connectivity index (χ2v) is 8.69. The number of carbonyl (C=O) groups is 1. The number of carbonyl (C=O) groups excluding carboxylic acids is 1. The van der Waals surface area contributed by atoms with Gasteiger partial charge in [0.1, 0.15) is 15.8 Å². The maximum atomic E-state index is 13.3. The molecule has 0 saturated carbocycles. The van der Waals surface area contributed by atoms with Crippen LogP contribution >= 0.6 is 24.0 Å². The van der Waals surface area contributed by atoms with Crippen LogP contribution in [0.25, 0.3) is 11.7 Å². The van der Waals surface area contributed by atoms with E-state index < -0.39 is 0 Å². The van der Waals surface area contributed by atoms with Crippen LogP contribution in [0.2, 0.25) is 0 Å². The molecule has 1 fully saturated rings. The first-order valence-corrected chi connectivity index (χ1v) is 11.4. The highest BCUT2D eigenvalue weighted by Gasteiger charge is 2.32. The second-order valence-electron chi connectivity index (χ2n) is 7.01. The molecule has 0 bridgehead atoms. The topological polar surface area (TPSA) is 96.2 Å². The molecule has 2 N–H and O–H groups in total. The van der Waals surface area contributed by atoms with Crippen LogP contribution < -0.4 is 10.9 Å². The smallest absolute Gasteiger partial charge is 0.267 e. The van der Waals surface area contributed by atoms with Gasteiger partial charge < -0.3 is 15.2 Å². The number of ether oxygens (including phenoxy) is 1. The van der Waals surface area contributed by atoms with Gasteiger partial charge >= 0.3 is 0 Å². The zero-order valence-corrected chi connectivity index (χ0v) is 19.2. The lowest BCUT2D eigenvalue weighted by molar-refractivity contribution is -0.122. The van der Waals surface area contributed by atoms with E-state index in [-0.39, 0.29) is 24.7 Å². The molecule has 0 unspecified atom stereocenters. The Morgan fingerprint density at radius 1 is 1.35 bits per heavy atom. The third kappa shape index (κ3) is 5.32. The summed E-state index contributed by atoms with van der Waals surface area (Å²) in [6.07, 6.45) is 5.06. The third-order valence-corrected chi connectivity index (χ3v) is 6.12. The summed E-state index contributed by atoms with van der Waals surface area (Å²) in [6, 6.07) is 3.67. The van der Waals surface area contributed by atoms with Gasteiger partial charge in [0.05, 0.1) is 30.3 Å². The quantitative estimate of drug-likeness (QED) is 0.316. The van der Waals surface area contributed by atoms with Crippen LogP contribution in [-0.4, -0.2) is 62.5 Å².